The Morgan fingerprint density at radius 2 is 1.96 bits per heavy atom. The number of amides is 1. The summed E-state index contributed by atoms with van der Waals surface area (Å²) < 4.78 is 5.34. The van der Waals surface area contributed by atoms with Crippen LogP contribution in [0.25, 0.3) is 0 Å². The fourth-order valence-corrected chi connectivity index (χ4v) is 3.47. The van der Waals surface area contributed by atoms with Crippen LogP contribution in [-0.4, -0.2) is 30.2 Å². The Balaban J connectivity index is 2.03. The number of nitrogens with zero attached hydrogens (tertiary/aromatic N) is 1. The predicted octanol–water partition coefficient (Wildman–Crippen LogP) is 4.49. The first-order chi connectivity index (χ1) is 11.0. The van der Waals surface area contributed by atoms with Crippen LogP contribution in [0.15, 0.2) is 53.4 Å². The highest BCUT2D eigenvalue weighted by Gasteiger charge is 2.20. The molecule has 5 heteroatoms. The average Bonchev–Trinajstić information content (AvgIpc) is 2.55. The summed E-state index contributed by atoms with van der Waals surface area (Å²) in [5, 5.41) is 0.473. The van der Waals surface area contributed by atoms with Crippen LogP contribution in [0.3, 0.4) is 0 Å². The van der Waals surface area contributed by atoms with Gasteiger partial charge in [0.25, 0.3) is 0 Å². The fourth-order valence-electron chi connectivity index (χ4n) is 2.27. The highest BCUT2D eigenvalue weighted by Crippen LogP contribution is 2.26. The molecular formula is C18H20ClNO2S. The van der Waals surface area contributed by atoms with E-state index in [4.69, 9.17) is 16.3 Å². The third kappa shape index (κ3) is 4.91. The number of benzene rings is 2. The first-order valence-corrected chi connectivity index (χ1v) is 8.56. The maximum absolute atomic E-state index is 12.6. The lowest BCUT2D eigenvalue weighted by Crippen LogP contribution is -2.32. The van der Waals surface area contributed by atoms with Gasteiger partial charge < -0.3 is 9.64 Å². The molecule has 1 atom stereocenters. The number of rotatable bonds is 6. The minimum absolute atomic E-state index is 0.0703. The maximum Gasteiger partial charge on any atom is 0.235 e. The van der Waals surface area contributed by atoms with Gasteiger partial charge in [0, 0.05) is 29.1 Å². The number of carbonyl (C=O) groups excluding carboxylic acids is 1. The quantitative estimate of drug-likeness (QED) is 0.720. The fraction of sp³-hybridized carbons (Fsp3) is 0.278. The first-order valence-electron chi connectivity index (χ1n) is 7.30. The molecule has 0 fully saturated rings. The Bertz CT molecular complexity index is 663. The largest absolute Gasteiger partial charge is 0.496 e. The molecule has 0 heterocycles. The second-order valence-electron chi connectivity index (χ2n) is 5.22. The van der Waals surface area contributed by atoms with E-state index < -0.39 is 0 Å². The number of methoxy groups -OCH3 is 1. The van der Waals surface area contributed by atoms with E-state index in [1.54, 1.807) is 36.9 Å². The molecule has 2 aromatic carbocycles. The summed E-state index contributed by atoms with van der Waals surface area (Å²) in [5.74, 6) is 0.804. The van der Waals surface area contributed by atoms with Crippen LogP contribution in [0.1, 0.15) is 12.5 Å². The smallest absolute Gasteiger partial charge is 0.235 e. The van der Waals surface area contributed by atoms with Gasteiger partial charge in [0.05, 0.1) is 12.4 Å². The third-order valence-electron chi connectivity index (χ3n) is 3.43. The standard InChI is InChI=1S/C18H20ClNO2S/c1-13(23-16-7-5-4-6-8-16)18(21)20(2)12-14-11-15(19)9-10-17(14)22-3/h4-11,13H,12H2,1-3H3. The van der Waals surface area contributed by atoms with Crippen LogP contribution in [0, 0.1) is 0 Å². The normalized spacial score (nSPS) is 11.8. The number of carbonyl (C=O) groups is 1. The van der Waals surface area contributed by atoms with Gasteiger partial charge >= 0.3 is 0 Å². The van der Waals surface area contributed by atoms with Crippen LogP contribution in [-0.2, 0) is 11.3 Å². The summed E-state index contributed by atoms with van der Waals surface area (Å²) >= 11 is 7.60. The van der Waals surface area contributed by atoms with E-state index in [0.29, 0.717) is 11.6 Å². The molecule has 122 valence electrons. The van der Waals surface area contributed by atoms with Crippen molar-refractivity contribution >= 4 is 29.3 Å². The Hall–Kier alpha value is -1.65. The van der Waals surface area contributed by atoms with Crippen molar-refractivity contribution in [3.63, 3.8) is 0 Å². The molecule has 0 bridgehead atoms. The maximum atomic E-state index is 12.6. The van der Waals surface area contributed by atoms with Gasteiger partial charge in [-0.1, -0.05) is 29.8 Å². The molecule has 1 amide bonds. The molecule has 0 radical (unpaired) electrons. The number of ether oxygens (including phenoxy) is 1. The second kappa shape index (κ2) is 8.27. The van der Waals surface area contributed by atoms with Crippen LogP contribution in [0.2, 0.25) is 5.02 Å². The summed E-state index contributed by atoms with van der Waals surface area (Å²) in [6.07, 6.45) is 0. The van der Waals surface area contributed by atoms with Crippen molar-refractivity contribution in [2.45, 2.75) is 23.6 Å². The first kappa shape index (κ1) is 17.7. The average molecular weight is 350 g/mol. The van der Waals surface area contributed by atoms with Gasteiger partial charge in [0.1, 0.15) is 5.75 Å². The van der Waals surface area contributed by atoms with Crippen LogP contribution < -0.4 is 4.74 Å². The molecule has 2 aromatic rings. The number of hydrogen-bond acceptors (Lipinski definition) is 3. The van der Waals surface area contributed by atoms with Gasteiger partial charge in [-0.3, -0.25) is 4.79 Å². The van der Waals surface area contributed by atoms with Crippen LogP contribution in [0.5, 0.6) is 5.75 Å². The van der Waals surface area contributed by atoms with Gasteiger partial charge in [0.15, 0.2) is 0 Å². The van der Waals surface area contributed by atoms with Crippen LogP contribution in [0.4, 0.5) is 0 Å². The summed E-state index contributed by atoms with van der Waals surface area (Å²) in [6, 6.07) is 15.4. The van der Waals surface area contributed by atoms with E-state index in [0.717, 1.165) is 16.2 Å². The molecule has 2 rings (SSSR count). The van der Waals surface area contributed by atoms with Crippen molar-refractivity contribution in [2.24, 2.45) is 0 Å². The van der Waals surface area contributed by atoms with Crippen molar-refractivity contribution in [1.82, 2.24) is 4.90 Å². The van der Waals surface area contributed by atoms with Crippen molar-refractivity contribution in [2.75, 3.05) is 14.2 Å². The predicted molar refractivity (Wildman–Crippen MR) is 96.2 cm³/mol. The topological polar surface area (TPSA) is 29.5 Å². The van der Waals surface area contributed by atoms with E-state index in [1.807, 2.05) is 49.4 Å². The van der Waals surface area contributed by atoms with E-state index in [9.17, 15) is 4.79 Å². The Morgan fingerprint density at radius 3 is 2.61 bits per heavy atom. The Kier molecular flexibility index (Phi) is 6.37. The van der Waals surface area contributed by atoms with Crippen molar-refractivity contribution in [3.8, 4) is 5.75 Å². The zero-order valence-electron chi connectivity index (χ0n) is 13.5. The summed E-state index contributed by atoms with van der Waals surface area (Å²) in [4.78, 5) is 15.4. The minimum Gasteiger partial charge on any atom is -0.496 e. The molecule has 0 aromatic heterocycles. The molecule has 0 spiro atoms. The molecule has 0 saturated carbocycles. The van der Waals surface area contributed by atoms with Gasteiger partial charge in [-0.15, -0.1) is 11.8 Å². The van der Waals surface area contributed by atoms with Crippen molar-refractivity contribution in [1.29, 1.82) is 0 Å². The second-order valence-corrected chi connectivity index (χ2v) is 7.07. The van der Waals surface area contributed by atoms with Crippen molar-refractivity contribution < 1.29 is 9.53 Å². The van der Waals surface area contributed by atoms with Crippen molar-refractivity contribution in [3.05, 3.63) is 59.1 Å². The van der Waals surface area contributed by atoms with Gasteiger partial charge in [0.2, 0.25) is 5.91 Å². The SMILES string of the molecule is COc1ccc(Cl)cc1CN(C)C(=O)C(C)Sc1ccccc1. The van der Waals surface area contributed by atoms with E-state index in [2.05, 4.69) is 0 Å². The monoisotopic (exact) mass is 349 g/mol. The third-order valence-corrected chi connectivity index (χ3v) is 4.76. The molecule has 0 N–H and O–H groups in total. The zero-order valence-corrected chi connectivity index (χ0v) is 15.0. The van der Waals surface area contributed by atoms with Gasteiger partial charge in [-0.05, 0) is 37.3 Å². The molecule has 3 nitrogen and oxygen atoms in total. The van der Waals surface area contributed by atoms with E-state index in [1.165, 1.54) is 0 Å². The van der Waals surface area contributed by atoms with E-state index >= 15 is 0 Å². The molecule has 1 unspecified atom stereocenters. The number of hydrogen-bond donors (Lipinski definition) is 0. The molecule has 23 heavy (non-hydrogen) atoms. The van der Waals surface area contributed by atoms with E-state index in [-0.39, 0.29) is 11.2 Å². The van der Waals surface area contributed by atoms with Gasteiger partial charge in [-0.2, -0.15) is 0 Å². The highest BCUT2D eigenvalue weighted by molar-refractivity contribution is 8.00. The lowest BCUT2D eigenvalue weighted by Gasteiger charge is -2.22. The number of thioether (sulfide) groups is 1. The molecular weight excluding hydrogens is 330 g/mol. The molecule has 0 aliphatic heterocycles. The molecule has 0 aliphatic rings. The summed E-state index contributed by atoms with van der Waals surface area (Å²) in [7, 11) is 3.41. The summed E-state index contributed by atoms with van der Waals surface area (Å²) in [5.41, 5.74) is 0.896. The Morgan fingerprint density at radius 1 is 1.26 bits per heavy atom. The van der Waals surface area contributed by atoms with Crippen LogP contribution >= 0.6 is 23.4 Å². The molecule has 0 aliphatic carbocycles. The summed E-state index contributed by atoms with van der Waals surface area (Å²) in [6.45, 7) is 2.38. The number of halogens is 1. The zero-order chi connectivity index (χ0) is 16.8. The highest BCUT2D eigenvalue weighted by atomic mass is 35.5. The minimum atomic E-state index is -0.160. The molecule has 0 saturated heterocycles. The van der Waals surface area contributed by atoms with Gasteiger partial charge in [-0.25, -0.2) is 0 Å². The Labute approximate surface area is 146 Å². The lowest BCUT2D eigenvalue weighted by atomic mass is 10.2. The lowest BCUT2D eigenvalue weighted by molar-refractivity contribution is -0.129.